The maximum absolute atomic E-state index is 12.7. The number of carboxylic acid groups (broad SMARTS) is 1. The molecule has 0 bridgehead atoms. The summed E-state index contributed by atoms with van der Waals surface area (Å²) in [5, 5.41) is 17.3. The number of pyridine rings is 1. The lowest BCUT2D eigenvalue weighted by Gasteiger charge is -2.27. The third kappa shape index (κ3) is 6.55. The molecular formula is C18H24F3N5O4S. The van der Waals surface area contributed by atoms with E-state index in [9.17, 15) is 27.6 Å². The molecule has 172 valence electrons. The zero-order valence-corrected chi connectivity index (χ0v) is 18.4. The van der Waals surface area contributed by atoms with Crippen molar-refractivity contribution in [1.82, 2.24) is 24.7 Å². The number of carbonyl (C=O) groups is 1. The monoisotopic (exact) mass is 463 g/mol. The van der Waals surface area contributed by atoms with Gasteiger partial charge < -0.3 is 14.4 Å². The van der Waals surface area contributed by atoms with Crippen LogP contribution in [0.25, 0.3) is 0 Å². The van der Waals surface area contributed by atoms with E-state index in [0.29, 0.717) is 0 Å². The summed E-state index contributed by atoms with van der Waals surface area (Å²) in [6.07, 6.45) is -1.98. The number of aromatic nitrogens is 4. The minimum absolute atomic E-state index is 0.0903. The van der Waals surface area contributed by atoms with Gasteiger partial charge in [-0.2, -0.15) is 13.2 Å². The summed E-state index contributed by atoms with van der Waals surface area (Å²) in [5.74, 6) is -1.22. The maximum Gasteiger partial charge on any atom is 0.422 e. The highest BCUT2D eigenvalue weighted by Gasteiger charge is 2.35. The van der Waals surface area contributed by atoms with Gasteiger partial charge in [-0.05, 0) is 46.8 Å². The second-order valence-electron chi connectivity index (χ2n) is 8.21. The van der Waals surface area contributed by atoms with Gasteiger partial charge in [-0.3, -0.25) is 4.98 Å². The molecule has 0 amide bonds. The molecule has 0 fully saturated rings. The first-order chi connectivity index (χ1) is 14.1. The molecule has 0 aromatic carbocycles. The minimum Gasteiger partial charge on any atom is -0.598 e. The second kappa shape index (κ2) is 9.01. The summed E-state index contributed by atoms with van der Waals surface area (Å²) < 4.78 is 57.7. The number of nitrogens with zero attached hydrogens (tertiary/aromatic N) is 4. The van der Waals surface area contributed by atoms with E-state index in [1.165, 1.54) is 32.2 Å². The predicted octanol–water partition coefficient (Wildman–Crippen LogP) is 2.58. The fourth-order valence-corrected chi connectivity index (χ4v) is 2.96. The standard InChI is InChI=1S/C18H24F3N5O4S/c1-16(2,3)31(29)24-14(13-9-26(25-23-13)17(4,5)15(27)28)12-7-6-11(8-22-12)30-10-18(19,20)21/h6-9,14,24H,10H2,1-5H3,(H,27,28). The quantitative estimate of drug-likeness (QED) is 0.573. The van der Waals surface area contributed by atoms with Gasteiger partial charge in [0.05, 0.1) is 18.1 Å². The molecule has 2 N–H and O–H groups in total. The molecule has 13 heteroatoms. The zero-order chi connectivity index (χ0) is 23.6. The summed E-state index contributed by atoms with van der Waals surface area (Å²) in [6, 6.07) is 1.84. The lowest BCUT2D eigenvalue weighted by Crippen LogP contribution is -2.42. The molecule has 0 saturated heterocycles. The Hall–Kier alpha value is -2.38. The molecule has 0 aliphatic heterocycles. The average Bonchev–Trinajstić information content (AvgIpc) is 3.14. The highest BCUT2D eigenvalue weighted by molar-refractivity contribution is 7.90. The average molecular weight is 463 g/mol. The van der Waals surface area contributed by atoms with Crippen molar-refractivity contribution in [2.24, 2.45) is 0 Å². The zero-order valence-electron chi connectivity index (χ0n) is 17.6. The number of aliphatic carboxylic acids is 1. The van der Waals surface area contributed by atoms with E-state index in [1.807, 2.05) is 0 Å². The van der Waals surface area contributed by atoms with E-state index in [1.54, 1.807) is 20.8 Å². The van der Waals surface area contributed by atoms with Crippen LogP contribution < -0.4 is 9.46 Å². The van der Waals surface area contributed by atoms with E-state index in [2.05, 4.69) is 24.8 Å². The van der Waals surface area contributed by atoms with Gasteiger partial charge in [-0.25, -0.2) is 9.48 Å². The van der Waals surface area contributed by atoms with E-state index in [-0.39, 0.29) is 17.1 Å². The molecule has 2 rings (SSSR count). The molecule has 2 aromatic rings. The molecule has 2 heterocycles. The van der Waals surface area contributed by atoms with Crippen LogP contribution in [0, 0.1) is 0 Å². The van der Waals surface area contributed by atoms with Crippen LogP contribution in [0.3, 0.4) is 0 Å². The summed E-state index contributed by atoms with van der Waals surface area (Å²) in [4.78, 5) is 15.6. The number of ether oxygens (including phenoxy) is 1. The molecule has 0 aliphatic carbocycles. The van der Waals surface area contributed by atoms with Gasteiger partial charge in [0.15, 0.2) is 12.1 Å². The van der Waals surface area contributed by atoms with Crippen LogP contribution in [0.4, 0.5) is 13.2 Å². The molecule has 2 atom stereocenters. The Bertz CT molecular complexity index is 897. The van der Waals surface area contributed by atoms with Gasteiger partial charge in [-0.1, -0.05) is 5.21 Å². The number of halogens is 3. The smallest absolute Gasteiger partial charge is 0.422 e. The van der Waals surface area contributed by atoms with Crippen LogP contribution in [0.15, 0.2) is 24.5 Å². The van der Waals surface area contributed by atoms with Gasteiger partial charge >= 0.3 is 12.1 Å². The van der Waals surface area contributed by atoms with Crippen LogP contribution in [-0.2, 0) is 21.7 Å². The summed E-state index contributed by atoms with van der Waals surface area (Å²) in [6.45, 7) is 6.67. The van der Waals surface area contributed by atoms with Gasteiger partial charge in [0, 0.05) is 11.4 Å². The molecule has 0 radical (unpaired) electrons. The third-order valence-electron chi connectivity index (χ3n) is 4.14. The SMILES string of the molecule is CC(C)(C(=O)O)n1cc(C(N[S+]([O-])C(C)(C)C)c2ccc(OCC(F)(F)F)cn2)nn1. The number of alkyl halides is 3. The molecule has 0 saturated carbocycles. The first kappa shape index (κ1) is 24.9. The summed E-state index contributed by atoms with van der Waals surface area (Å²) in [5.41, 5.74) is -0.859. The van der Waals surface area contributed by atoms with E-state index in [4.69, 9.17) is 0 Å². The van der Waals surface area contributed by atoms with E-state index in [0.717, 1.165) is 10.9 Å². The second-order valence-corrected chi connectivity index (χ2v) is 10.2. The predicted molar refractivity (Wildman–Crippen MR) is 106 cm³/mol. The minimum atomic E-state index is -4.48. The van der Waals surface area contributed by atoms with Crippen LogP contribution in [0.2, 0.25) is 0 Å². The van der Waals surface area contributed by atoms with Gasteiger partial charge in [0.25, 0.3) is 0 Å². The van der Waals surface area contributed by atoms with Crippen LogP contribution >= 0.6 is 0 Å². The Morgan fingerprint density at radius 1 is 1.26 bits per heavy atom. The first-order valence-corrected chi connectivity index (χ1v) is 10.3. The Morgan fingerprint density at radius 2 is 1.90 bits per heavy atom. The van der Waals surface area contributed by atoms with Crippen molar-refractivity contribution < 1.29 is 32.4 Å². The third-order valence-corrected chi connectivity index (χ3v) is 5.70. The van der Waals surface area contributed by atoms with Gasteiger partial charge in [-0.15, -0.1) is 9.82 Å². The van der Waals surface area contributed by atoms with E-state index < -0.39 is 46.4 Å². The van der Waals surface area contributed by atoms with Crippen molar-refractivity contribution >= 4 is 17.3 Å². The van der Waals surface area contributed by atoms with Crippen molar-refractivity contribution in [2.45, 2.75) is 57.1 Å². The Labute approximate surface area is 180 Å². The van der Waals surface area contributed by atoms with Crippen molar-refractivity contribution in [3.05, 3.63) is 35.9 Å². The largest absolute Gasteiger partial charge is 0.598 e. The lowest BCUT2D eigenvalue weighted by atomic mass is 10.1. The topological polar surface area (TPSA) is 125 Å². The van der Waals surface area contributed by atoms with Crippen LogP contribution in [-0.4, -0.2) is 53.1 Å². The molecular weight excluding hydrogens is 439 g/mol. The highest BCUT2D eigenvalue weighted by atomic mass is 32.2. The Kier molecular flexibility index (Phi) is 7.23. The van der Waals surface area contributed by atoms with Gasteiger partial charge in [0.2, 0.25) is 0 Å². The molecule has 9 nitrogen and oxygen atoms in total. The maximum atomic E-state index is 12.7. The van der Waals surface area contributed by atoms with Crippen LogP contribution in [0.5, 0.6) is 5.75 Å². The first-order valence-electron chi connectivity index (χ1n) is 9.11. The summed E-state index contributed by atoms with van der Waals surface area (Å²) in [7, 11) is 0. The normalized spacial score (nSPS) is 14.9. The van der Waals surface area contributed by atoms with Crippen LogP contribution in [0.1, 0.15) is 52.0 Å². The van der Waals surface area contributed by atoms with Crippen molar-refractivity contribution in [1.29, 1.82) is 0 Å². The number of rotatable bonds is 8. The molecule has 0 spiro atoms. The van der Waals surface area contributed by atoms with Gasteiger partial charge in [0.1, 0.15) is 22.2 Å². The number of hydrogen-bond donors (Lipinski definition) is 2. The van der Waals surface area contributed by atoms with Crippen molar-refractivity contribution in [2.75, 3.05) is 6.61 Å². The molecule has 31 heavy (non-hydrogen) atoms. The number of hydrogen-bond acceptors (Lipinski definition) is 7. The highest BCUT2D eigenvalue weighted by Crippen LogP contribution is 2.26. The fourth-order valence-electron chi connectivity index (χ4n) is 2.15. The molecule has 0 aliphatic rings. The van der Waals surface area contributed by atoms with E-state index >= 15 is 0 Å². The number of carboxylic acids is 1. The Balaban J connectivity index is 2.36. The fraction of sp³-hybridized carbons (Fsp3) is 0.556. The number of nitrogens with one attached hydrogen (secondary N) is 1. The molecule has 2 aromatic heterocycles. The molecule has 2 unspecified atom stereocenters. The van der Waals surface area contributed by atoms with Crippen molar-refractivity contribution in [3.63, 3.8) is 0 Å². The van der Waals surface area contributed by atoms with Crippen molar-refractivity contribution in [3.8, 4) is 5.75 Å². The lowest BCUT2D eigenvalue weighted by molar-refractivity contribution is -0.153. The summed E-state index contributed by atoms with van der Waals surface area (Å²) >= 11 is -1.57. The Morgan fingerprint density at radius 3 is 2.39 bits per heavy atom.